The highest BCUT2D eigenvalue weighted by molar-refractivity contribution is 5.93. The molecule has 0 heterocycles. The van der Waals surface area contributed by atoms with Crippen LogP contribution in [0.5, 0.6) is 5.75 Å². The van der Waals surface area contributed by atoms with Crippen LogP contribution in [0.4, 0.5) is 5.69 Å². The molecule has 0 unspecified atom stereocenters. The van der Waals surface area contributed by atoms with E-state index in [0.717, 1.165) is 16.9 Å². The summed E-state index contributed by atoms with van der Waals surface area (Å²) < 4.78 is 5.14. The van der Waals surface area contributed by atoms with Gasteiger partial charge in [-0.3, -0.25) is 9.59 Å². The standard InChI is InChI=1S/C19H21N3O3/c1-14-12-17(25-2)9-8-15(14)13-20-22-19(24)11-10-18(23)21-16-6-4-3-5-7-16/h3-9,12-13H,10-11H2,1-2H3,(H,21,23)(H,22,24). The molecule has 0 aromatic heterocycles. The van der Waals surface area contributed by atoms with Gasteiger partial charge >= 0.3 is 0 Å². The monoisotopic (exact) mass is 339 g/mol. The molecule has 0 saturated carbocycles. The molecule has 6 heteroatoms. The van der Waals surface area contributed by atoms with Crippen LogP contribution in [-0.4, -0.2) is 25.1 Å². The lowest BCUT2D eigenvalue weighted by atomic mass is 10.1. The van der Waals surface area contributed by atoms with Gasteiger partial charge in [-0.15, -0.1) is 0 Å². The van der Waals surface area contributed by atoms with Crippen molar-refractivity contribution in [2.24, 2.45) is 5.10 Å². The normalized spacial score (nSPS) is 10.5. The van der Waals surface area contributed by atoms with E-state index in [2.05, 4.69) is 15.8 Å². The van der Waals surface area contributed by atoms with Crippen molar-refractivity contribution in [1.82, 2.24) is 5.43 Å². The first kappa shape index (κ1) is 18.2. The minimum Gasteiger partial charge on any atom is -0.497 e. The fraction of sp³-hybridized carbons (Fsp3) is 0.211. The lowest BCUT2D eigenvalue weighted by Crippen LogP contribution is -2.20. The third-order valence-electron chi connectivity index (χ3n) is 3.51. The van der Waals surface area contributed by atoms with E-state index in [1.54, 1.807) is 25.5 Å². The van der Waals surface area contributed by atoms with E-state index >= 15 is 0 Å². The summed E-state index contributed by atoms with van der Waals surface area (Å²) >= 11 is 0. The highest BCUT2D eigenvalue weighted by Gasteiger charge is 2.06. The number of nitrogens with one attached hydrogen (secondary N) is 2. The number of ether oxygens (including phenoxy) is 1. The first-order chi connectivity index (χ1) is 12.1. The van der Waals surface area contributed by atoms with Gasteiger partial charge in [-0.05, 0) is 48.4 Å². The Morgan fingerprint density at radius 3 is 2.48 bits per heavy atom. The topological polar surface area (TPSA) is 79.8 Å². The minimum absolute atomic E-state index is 0.0671. The summed E-state index contributed by atoms with van der Waals surface area (Å²) in [5.41, 5.74) is 5.00. The Hall–Kier alpha value is -3.15. The van der Waals surface area contributed by atoms with Crippen LogP contribution in [0.3, 0.4) is 0 Å². The van der Waals surface area contributed by atoms with Crippen LogP contribution in [0.2, 0.25) is 0 Å². The summed E-state index contributed by atoms with van der Waals surface area (Å²) in [6, 6.07) is 14.7. The molecule has 0 aliphatic heterocycles. The second kappa shape index (κ2) is 9.22. The number of anilines is 1. The summed E-state index contributed by atoms with van der Waals surface area (Å²) in [7, 11) is 1.61. The van der Waals surface area contributed by atoms with E-state index in [4.69, 9.17) is 4.74 Å². The van der Waals surface area contributed by atoms with Gasteiger partial charge in [0.15, 0.2) is 0 Å². The Balaban J connectivity index is 1.76. The second-order valence-electron chi connectivity index (χ2n) is 5.43. The third kappa shape index (κ3) is 6.10. The number of nitrogens with zero attached hydrogens (tertiary/aromatic N) is 1. The predicted octanol–water partition coefficient (Wildman–Crippen LogP) is 2.87. The van der Waals surface area contributed by atoms with Crippen LogP contribution in [0.25, 0.3) is 0 Å². The van der Waals surface area contributed by atoms with Crippen molar-refractivity contribution in [3.63, 3.8) is 0 Å². The molecule has 0 aliphatic carbocycles. The highest BCUT2D eigenvalue weighted by Crippen LogP contribution is 2.15. The van der Waals surface area contributed by atoms with E-state index in [-0.39, 0.29) is 24.7 Å². The predicted molar refractivity (Wildman–Crippen MR) is 97.8 cm³/mol. The molecule has 0 bridgehead atoms. The number of amides is 2. The van der Waals surface area contributed by atoms with Crippen LogP contribution >= 0.6 is 0 Å². The van der Waals surface area contributed by atoms with E-state index in [1.165, 1.54) is 0 Å². The van der Waals surface area contributed by atoms with Crippen molar-refractivity contribution >= 4 is 23.7 Å². The number of aryl methyl sites for hydroxylation is 1. The fourth-order valence-corrected chi connectivity index (χ4v) is 2.12. The quantitative estimate of drug-likeness (QED) is 0.601. The molecule has 0 saturated heterocycles. The molecule has 130 valence electrons. The van der Waals surface area contributed by atoms with Crippen molar-refractivity contribution in [1.29, 1.82) is 0 Å². The molecular weight excluding hydrogens is 318 g/mol. The van der Waals surface area contributed by atoms with Gasteiger partial charge in [-0.1, -0.05) is 18.2 Å². The molecule has 0 aliphatic rings. The zero-order valence-electron chi connectivity index (χ0n) is 14.3. The lowest BCUT2D eigenvalue weighted by Gasteiger charge is -2.05. The zero-order valence-corrected chi connectivity index (χ0v) is 14.3. The van der Waals surface area contributed by atoms with E-state index in [9.17, 15) is 9.59 Å². The summed E-state index contributed by atoms with van der Waals surface area (Å²) in [6.07, 6.45) is 1.73. The molecular formula is C19H21N3O3. The maximum Gasteiger partial charge on any atom is 0.240 e. The lowest BCUT2D eigenvalue weighted by molar-refractivity contribution is -0.124. The Morgan fingerprint density at radius 2 is 1.80 bits per heavy atom. The van der Waals surface area contributed by atoms with Crippen molar-refractivity contribution in [3.8, 4) is 5.75 Å². The average molecular weight is 339 g/mol. The van der Waals surface area contributed by atoms with Crippen LogP contribution in [0.1, 0.15) is 24.0 Å². The summed E-state index contributed by atoms with van der Waals surface area (Å²) in [6.45, 7) is 1.93. The Kier molecular flexibility index (Phi) is 6.71. The molecule has 0 radical (unpaired) electrons. The molecule has 2 aromatic carbocycles. The number of hydrazone groups is 1. The number of benzene rings is 2. The molecule has 2 N–H and O–H groups in total. The van der Waals surface area contributed by atoms with Gasteiger partial charge in [0.1, 0.15) is 5.75 Å². The molecule has 0 fully saturated rings. The van der Waals surface area contributed by atoms with E-state index in [0.29, 0.717) is 5.69 Å². The Bertz CT molecular complexity index is 758. The van der Waals surface area contributed by atoms with Crippen molar-refractivity contribution < 1.29 is 14.3 Å². The molecule has 6 nitrogen and oxygen atoms in total. The first-order valence-electron chi connectivity index (χ1n) is 7.90. The van der Waals surface area contributed by atoms with Gasteiger partial charge in [0.2, 0.25) is 11.8 Å². The Morgan fingerprint density at radius 1 is 1.08 bits per heavy atom. The van der Waals surface area contributed by atoms with Crippen molar-refractivity contribution in [2.75, 3.05) is 12.4 Å². The van der Waals surface area contributed by atoms with E-state index < -0.39 is 0 Å². The van der Waals surface area contributed by atoms with Crippen LogP contribution in [-0.2, 0) is 9.59 Å². The first-order valence-corrected chi connectivity index (χ1v) is 7.90. The van der Waals surface area contributed by atoms with Crippen LogP contribution in [0, 0.1) is 6.92 Å². The Labute approximate surface area is 146 Å². The maximum absolute atomic E-state index is 11.8. The van der Waals surface area contributed by atoms with Crippen molar-refractivity contribution in [2.45, 2.75) is 19.8 Å². The van der Waals surface area contributed by atoms with Crippen LogP contribution in [0.15, 0.2) is 53.6 Å². The molecule has 2 rings (SSSR count). The number of methoxy groups -OCH3 is 1. The van der Waals surface area contributed by atoms with Gasteiger partial charge in [-0.25, -0.2) is 5.43 Å². The smallest absolute Gasteiger partial charge is 0.240 e. The number of carbonyl (C=O) groups excluding carboxylic acids is 2. The number of para-hydroxylation sites is 1. The number of rotatable bonds is 7. The molecule has 0 atom stereocenters. The highest BCUT2D eigenvalue weighted by atomic mass is 16.5. The van der Waals surface area contributed by atoms with Gasteiger partial charge < -0.3 is 10.1 Å². The minimum atomic E-state index is -0.314. The summed E-state index contributed by atoms with van der Waals surface area (Å²) in [4.78, 5) is 23.5. The second-order valence-corrected chi connectivity index (χ2v) is 5.43. The molecule has 2 amide bonds. The molecule has 25 heavy (non-hydrogen) atoms. The van der Waals surface area contributed by atoms with Crippen molar-refractivity contribution in [3.05, 3.63) is 59.7 Å². The van der Waals surface area contributed by atoms with Gasteiger partial charge in [0, 0.05) is 18.5 Å². The zero-order chi connectivity index (χ0) is 18.1. The maximum atomic E-state index is 11.8. The molecule has 0 spiro atoms. The number of carbonyl (C=O) groups is 2. The molecule has 2 aromatic rings. The van der Waals surface area contributed by atoms with Crippen LogP contribution < -0.4 is 15.5 Å². The van der Waals surface area contributed by atoms with Gasteiger partial charge in [-0.2, -0.15) is 5.10 Å². The van der Waals surface area contributed by atoms with Gasteiger partial charge in [0.05, 0.1) is 13.3 Å². The number of hydrogen-bond donors (Lipinski definition) is 2. The summed E-state index contributed by atoms with van der Waals surface area (Å²) in [5, 5.41) is 6.65. The largest absolute Gasteiger partial charge is 0.497 e. The third-order valence-corrected chi connectivity index (χ3v) is 3.51. The average Bonchev–Trinajstić information content (AvgIpc) is 2.62. The summed E-state index contributed by atoms with van der Waals surface area (Å²) in [5.74, 6) is 0.241. The van der Waals surface area contributed by atoms with Gasteiger partial charge in [0.25, 0.3) is 0 Å². The fourth-order valence-electron chi connectivity index (χ4n) is 2.12. The SMILES string of the molecule is COc1ccc(C=NNC(=O)CCC(=O)Nc2ccccc2)c(C)c1. The van der Waals surface area contributed by atoms with E-state index in [1.807, 2.05) is 43.3 Å². The number of hydrogen-bond acceptors (Lipinski definition) is 4.